The molecule has 1 aromatic carbocycles. The van der Waals surface area contributed by atoms with E-state index in [4.69, 9.17) is 0 Å². The number of carbonyl (C=O) groups excluding carboxylic acids is 2. The molecule has 2 amide bonds. The van der Waals surface area contributed by atoms with Crippen molar-refractivity contribution < 1.29 is 18.0 Å². The topological polar surface area (TPSA) is 86.8 Å². The van der Waals surface area contributed by atoms with E-state index in [2.05, 4.69) is 5.32 Å². The third kappa shape index (κ3) is 4.12. The number of hydrogen-bond acceptors (Lipinski definition) is 5. The van der Waals surface area contributed by atoms with Crippen LogP contribution in [0.2, 0.25) is 0 Å². The Hall–Kier alpha value is -2.23. The fourth-order valence-electron chi connectivity index (χ4n) is 2.67. The first kappa shape index (κ1) is 18.6. The van der Waals surface area contributed by atoms with Gasteiger partial charge in [-0.25, -0.2) is 8.42 Å². The molecule has 0 unspecified atom stereocenters. The number of amides is 2. The summed E-state index contributed by atoms with van der Waals surface area (Å²) in [6, 6.07) is 11.9. The van der Waals surface area contributed by atoms with E-state index in [-0.39, 0.29) is 31.4 Å². The third-order valence-corrected chi connectivity index (χ3v) is 7.39. The molecule has 2 aromatic rings. The number of nitrogens with zero attached hydrogens (tertiary/aromatic N) is 2. The molecule has 1 saturated heterocycles. The van der Waals surface area contributed by atoms with Gasteiger partial charge in [0.05, 0.1) is 6.54 Å². The van der Waals surface area contributed by atoms with Crippen LogP contribution in [-0.4, -0.2) is 62.2 Å². The predicted octanol–water partition coefficient (Wildman–Crippen LogP) is 1.01. The summed E-state index contributed by atoms with van der Waals surface area (Å²) in [5.74, 6) is -0.527. The molecule has 7 nitrogen and oxygen atoms in total. The fourth-order valence-corrected chi connectivity index (χ4v) is 5.24. The van der Waals surface area contributed by atoms with Crippen LogP contribution in [0.25, 0.3) is 0 Å². The van der Waals surface area contributed by atoms with Gasteiger partial charge in [0.1, 0.15) is 4.21 Å². The molecule has 1 aliphatic heterocycles. The van der Waals surface area contributed by atoms with Gasteiger partial charge in [-0.2, -0.15) is 4.31 Å². The Morgan fingerprint density at radius 1 is 1.00 bits per heavy atom. The van der Waals surface area contributed by atoms with Crippen LogP contribution in [0.5, 0.6) is 0 Å². The normalized spacial score (nSPS) is 15.6. The maximum atomic E-state index is 12.5. The lowest BCUT2D eigenvalue weighted by atomic mass is 10.2. The molecule has 3 rings (SSSR count). The highest BCUT2D eigenvalue weighted by molar-refractivity contribution is 7.91. The molecule has 2 heterocycles. The number of benzene rings is 1. The third-order valence-electron chi connectivity index (χ3n) is 4.12. The summed E-state index contributed by atoms with van der Waals surface area (Å²) >= 11 is 1.18. The average molecular weight is 393 g/mol. The number of nitrogens with one attached hydrogen (secondary N) is 1. The molecule has 1 aliphatic rings. The smallest absolute Gasteiger partial charge is 0.252 e. The molecule has 1 aromatic heterocycles. The summed E-state index contributed by atoms with van der Waals surface area (Å²) in [5.41, 5.74) is 0.493. The Kier molecular flexibility index (Phi) is 5.70. The lowest BCUT2D eigenvalue weighted by Crippen LogP contribution is -2.52. The van der Waals surface area contributed by atoms with E-state index in [9.17, 15) is 18.0 Å². The first-order valence-corrected chi connectivity index (χ1v) is 10.4. The molecule has 9 heteroatoms. The van der Waals surface area contributed by atoms with E-state index in [0.29, 0.717) is 22.9 Å². The van der Waals surface area contributed by atoms with Gasteiger partial charge in [0.15, 0.2) is 0 Å². The zero-order valence-electron chi connectivity index (χ0n) is 14.0. The lowest BCUT2D eigenvalue weighted by Gasteiger charge is -2.33. The first-order chi connectivity index (χ1) is 12.5. The van der Waals surface area contributed by atoms with Crippen molar-refractivity contribution in [1.82, 2.24) is 14.5 Å². The molecule has 0 spiro atoms. The van der Waals surface area contributed by atoms with Crippen molar-refractivity contribution in [3.63, 3.8) is 0 Å². The van der Waals surface area contributed by atoms with Crippen LogP contribution in [-0.2, 0) is 14.8 Å². The number of hydrogen-bond donors (Lipinski definition) is 1. The minimum Gasteiger partial charge on any atom is -0.343 e. The van der Waals surface area contributed by atoms with Gasteiger partial charge in [0.2, 0.25) is 5.91 Å². The standard InChI is InChI=1S/C17H19N3O4S2/c21-15(13-18-17(22)14-5-2-1-3-6-14)19-8-10-20(11-9-19)26(23,24)16-7-4-12-25-16/h1-7,12H,8-11,13H2,(H,18,22). The minimum atomic E-state index is -3.49. The van der Waals surface area contributed by atoms with Crippen LogP contribution in [0, 0.1) is 0 Å². The number of piperazine rings is 1. The zero-order valence-corrected chi connectivity index (χ0v) is 15.6. The molecule has 138 valence electrons. The quantitative estimate of drug-likeness (QED) is 0.821. The van der Waals surface area contributed by atoms with Gasteiger partial charge in [-0.15, -0.1) is 11.3 Å². The number of carbonyl (C=O) groups is 2. The predicted molar refractivity (Wildman–Crippen MR) is 98.4 cm³/mol. The van der Waals surface area contributed by atoms with Crippen LogP contribution >= 0.6 is 11.3 Å². The van der Waals surface area contributed by atoms with Crippen molar-refractivity contribution in [3.05, 3.63) is 53.4 Å². The Labute approximate surface area is 156 Å². The molecular weight excluding hydrogens is 374 g/mol. The fraction of sp³-hybridized carbons (Fsp3) is 0.294. The van der Waals surface area contributed by atoms with E-state index >= 15 is 0 Å². The highest BCUT2D eigenvalue weighted by Gasteiger charge is 2.30. The average Bonchev–Trinajstić information content (AvgIpc) is 3.22. The van der Waals surface area contributed by atoms with E-state index in [0.717, 1.165) is 0 Å². The van der Waals surface area contributed by atoms with Crippen LogP contribution in [0.4, 0.5) is 0 Å². The summed E-state index contributed by atoms with van der Waals surface area (Å²) in [4.78, 5) is 25.8. The first-order valence-electron chi connectivity index (χ1n) is 8.13. The largest absolute Gasteiger partial charge is 0.343 e. The summed E-state index contributed by atoms with van der Waals surface area (Å²) in [5, 5.41) is 4.32. The van der Waals surface area contributed by atoms with Crippen LogP contribution in [0.15, 0.2) is 52.1 Å². The minimum absolute atomic E-state index is 0.106. The van der Waals surface area contributed by atoms with E-state index in [1.165, 1.54) is 15.6 Å². The van der Waals surface area contributed by atoms with E-state index < -0.39 is 10.0 Å². The Bertz CT molecular complexity index is 859. The van der Waals surface area contributed by atoms with Crippen LogP contribution < -0.4 is 5.32 Å². The second-order valence-corrected chi connectivity index (χ2v) is 8.88. The van der Waals surface area contributed by atoms with Crippen molar-refractivity contribution in [2.45, 2.75) is 4.21 Å². The molecule has 26 heavy (non-hydrogen) atoms. The van der Waals surface area contributed by atoms with E-state index in [1.807, 2.05) is 6.07 Å². The molecule has 0 saturated carbocycles. The molecule has 0 atom stereocenters. The molecule has 1 N–H and O–H groups in total. The molecule has 0 bridgehead atoms. The van der Waals surface area contributed by atoms with Gasteiger partial charge in [-0.05, 0) is 23.6 Å². The van der Waals surface area contributed by atoms with Gasteiger partial charge < -0.3 is 10.2 Å². The van der Waals surface area contributed by atoms with Crippen LogP contribution in [0.1, 0.15) is 10.4 Å². The van der Waals surface area contributed by atoms with Gasteiger partial charge in [-0.3, -0.25) is 9.59 Å². The maximum Gasteiger partial charge on any atom is 0.252 e. The van der Waals surface area contributed by atoms with Gasteiger partial charge in [0, 0.05) is 31.7 Å². The number of sulfonamides is 1. The summed E-state index contributed by atoms with van der Waals surface area (Å²) in [7, 11) is -3.49. The summed E-state index contributed by atoms with van der Waals surface area (Å²) < 4.78 is 26.7. The highest BCUT2D eigenvalue weighted by Crippen LogP contribution is 2.21. The summed E-state index contributed by atoms with van der Waals surface area (Å²) in [6.45, 7) is 1.01. The number of rotatable bonds is 5. The van der Waals surface area contributed by atoms with Gasteiger partial charge in [-0.1, -0.05) is 24.3 Å². The van der Waals surface area contributed by atoms with Crippen molar-refractivity contribution in [3.8, 4) is 0 Å². The monoisotopic (exact) mass is 393 g/mol. The van der Waals surface area contributed by atoms with Crippen molar-refractivity contribution in [2.75, 3.05) is 32.7 Å². The molecule has 0 radical (unpaired) electrons. The zero-order chi connectivity index (χ0) is 18.6. The van der Waals surface area contributed by atoms with Crippen molar-refractivity contribution in [1.29, 1.82) is 0 Å². The van der Waals surface area contributed by atoms with Crippen molar-refractivity contribution in [2.24, 2.45) is 0 Å². The molecule has 1 fully saturated rings. The Morgan fingerprint density at radius 3 is 2.31 bits per heavy atom. The second kappa shape index (κ2) is 7.98. The van der Waals surface area contributed by atoms with Gasteiger partial charge in [0.25, 0.3) is 15.9 Å². The highest BCUT2D eigenvalue weighted by atomic mass is 32.2. The van der Waals surface area contributed by atoms with Crippen LogP contribution in [0.3, 0.4) is 0 Å². The molecular formula is C17H19N3O4S2. The van der Waals surface area contributed by atoms with Gasteiger partial charge >= 0.3 is 0 Å². The van der Waals surface area contributed by atoms with Crippen molar-refractivity contribution >= 4 is 33.2 Å². The Morgan fingerprint density at radius 2 is 1.69 bits per heavy atom. The Balaban J connectivity index is 1.50. The SMILES string of the molecule is O=C(NCC(=O)N1CCN(S(=O)(=O)c2cccs2)CC1)c1ccccc1. The maximum absolute atomic E-state index is 12.5. The lowest BCUT2D eigenvalue weighted by molar-refractivity contribution is -0.131. The second-order valence-electron chi connectivity index (χ2n) is 5.77. The molecule has 0 aliphatic carbocycles. The summed E-state index contributed by atoms with van der Waals surface area (Å²) in [6.07, 6.45) is 0. The van der Waals surface area contributed by atoms with E-state index in [1.54, 1.807) is 46.7 Å². The number of thiophene rings is 1.